The van der Waals surface area contributed by atoms with Crippen LogP contribution in [0.1, 0.15) is 45.4 Å². The van der Waals surface area contributed by atoms with Crippen LogP contribution in [0.15, 0.2) is 35.5 Å². The van der Waals surface area contributed by atoms with Crippen LogP contribution in [0, 0.1) is 6.92 Å². The number of ether oxygens (including phenoxy) is 1. The van der Waals surface area contributed by atoms with Gasteiger partial charge in [0.1, 0.15) is 16.0 Å². The summed E-state index contributed by atoms with van der Waals surface area (Å²) in [6.45, 7) is 4.79. The van der Waals surface area contributed by atoms with Gasteiger partial charge in [-0.2, -0.15) is 4.31 Å². The minimum absolute atomic E-state index is 0.159. The van der Waals surface area contributed by atoms with E-state index in [1.807, 2.05) is 0 Å². The Morgan fingerprint density at radius 1 is 1.15 bits per heavy atom. The number of carbonyl (C=O) groups is 2. The lowest BCUT2D eigenvalue weighted by molar-refractivity contribution is 0.0531. The first-order chi connectivity index (χ1) is 15.8. The number of rotatable bonds is 7. The normalized spacial score (nSPS) is 14.4. The number of aromatic nitrogens is 2. The number of anilines is 1. The molecule has 12 heteroatoms. The lowest BCUT2D eigenvalue weighted by Crippen LogP contribution is -2.30. The van der Waals surface area contributed by atoms with E-state index >= 15 is 0 Å². The van der Waals surface area contributed by atoms with Gasteiger partial charge in [0.2, 0.25) is 10.0 Å². The third kappa shape index (κ3) is 4.54. The minimum Gasteiger partial charge on any atom is -0.462 e. The highest BCUT2D eigenvalue weighted by Gasteiger charge is 2.27. The van der Waals surface area contributed by atoms with Gasteiger partial charge in [-0.15, -0.1) is 11.3 Å². The number of hydrazine groups is 1. The topological polar surface area (TPSA) is 131 Å². The Hall–Kier alpha value is -3.09. The van der Waals surface area contributed by atoms with E-state index in [1.165, 1.54) is 46.2 Å². The number of amides is 1. The summed E-state index contributed by atoms with van der Waals surface area (Å²) in [5.74, 6) is -0.562. The molecular weight excluding hydrogens is 466 g/mol. The summed E-state index contributed by atoms with van der Waals surface area (Å²) in [5, 5.41) is 0.609. The largest absolute Gasteiger partial charge is 0.462 e. The maximum absolute atomic E-state index is 12.6. The number of hydrogen-bond donors (Lipinski definition) is 2. The standard InChI is InChI=1S/C21H23N5O5S2/c1-3-31-21(28)17-13(2)16-18(22-12-23-20(16)32-17)24-25-19(27)14-6-8-15(9-7-14)33(29,30)26-10-4-5-11-26/h6-9,12H,3-5,10-11H2,1-2H3,(H,25,27)(H,22,23,24). The van der Waals surface area contributed by atoms with E-state index in [0.29, 0.717) is 39.6 Å². The summed E-state index contributed by atoms with van der Waals surface area (Å²) in [5.41, 5.74) is 6.27. The maximum Gasteiger partial charge on any atom is 0.348 e. The van der Waals surface area contributed by atoms with Crippen molar-refractivity contribution >= 4 is 49.3 Å². The third-order valence-electron chi connectivity index (χ3n) is 5.30. The first-order valence-electron chi connectivity index (χ1n) is 10.4. The highest BCUT2D eigenvalue weighted by Crippen LogP contribution is 2.33. The van der Waals surface area contributed by atoms with E-state index < -0.39 is 21.9 Å². The summed E-state index contributed by atoms with van der Waals surface area (Å²) in [7, 11) is -3.54. The fourth-order valence-electron chi connectivity index (χ4n) is 3.60. The summed E-state index contributed by atoms with van der Waals surface area (Å²) in [4.78, 5) is 34.3. The Bertz CT molecular complexity index is 1300. The van der Waals surface area contributed by atoms with Crippen LogP contribution in [-0.4, -0.2) is 54.3 Å². The van der Waals surface area contributed by atoms with Crippen molar-refractivity contribution in [3.05, 3.63) is 46.6 Å². The molecule has 1 aromatic carbocycles. The third-order valence-corrected chi connectivity index (χ3v) is 8.39. The van der Waals surface area contributed by atoms with Crippen molar-refractivity contribution in [2.24, 2.45) is 0 Å². The predicted molar refractivity (Wildman–Crippen MR) is 124 cm³/mol. The molecule has 174 valence electrons. The fraction of sp³-hybridized carbons (Fsp3) is 0.333. The number of aryl methyl sites for hydroxylation is 1. The molecule has 10 nitrogen and oxygen atoms in total. The molecule has 1 aliphatic rings. The van der Waals surface area contributed by atoms with Crippen LogP contribution in [-0.2, 0) is 14.8 Å². The summed E-state index contributed by atoms with van der Waals surface area (Å²) in [6.07, 6.45) is 3.04. The molecule has 0 radical (unpaired) electrons. The molecule has 33 heavy (non-hydrogen) atoms. The van der Waals surface area contributed by atoms with Gasteiger partial charge in [0, 0.05) is 18.7 Å². The molecule has 0 bridgehead atoms. The van der Waals surface area contributed by atoms with Gasteiger partial charge in [0.15, 0.2) is 5.82 Å². The average Bonchev–Trinajstić information content (AvgIpc) is 3.47. The number of nitrogens with one attached hydrogen (secondary N) is 2. The van der Waals surface area contributed by atoms with Gasteiger partial charge in [0.05, 0.1) is 16.9 Å². The second kappa shape index (κ2) is 9.41. The van der Waals surface area contributed by atoms with Crippen LogP contribution < -0.4 is 10.9 Å². The quantitative estimate of drug-likeness (QED) is 0.383. The molecule has 0 aliphatic carbocycles. The molecule has 4 rings (SSSR count). The van der Waals surface area contributed by atoms with Gasteiger partial charge in [-0.3, -0.25) is 15.6 Å². The molecule has 1 amide bonds. The second-order valence-corrected chi connectivity index (χ2v) is 10.3. The van der Waals surface area contributed by atoms with E-state index in [-0.39, 0.29) is 17.1 Å². The van der Waals surface area contributed by atoms with Crippen LogP contribution in [0.2, 0.25) is 0 Å². The van der Waals surface area contributed by atoms with Crippen LogP contribution in [0.25, 0.3) is 10.2 Å². The molecule has 2 aromatic heterocycles. The molecule has 0 saturated carbocycles. The zero-order valence-electron chi connectivity index (χ0n) is 18.1. The molecule has 3 aromatic rings. The average molecular weight is 490 g/mol. The molecular formula is C21H23N5O5S2. The molecule has 0 unspecified atom stereocenters. The fourth-order valence-corrected chi connectivity index (χ4v) is 6.16. The number of sulfonamides is 1. The monoisotopic (exact) mass is 489 g/mol. The molecule has 1 saturated heterocycles. The van der Waals surface area contributed by atoms with Gasteiger partial charge < -0.3 is 4.74 Å². The van der Waals surface area contributed by atoms with E-state index in [2.05, 4.69) is 20.8 Å². The van der Waals surface area contributed by atoms with E-state index in [9.17, 15) is 18.0 Å². The number of hydrogen-bond acceptors (Lipinski definition) is 9. The first-order valence-corrected chi connectivity index (χ1v) is 12.7. The predicted octanol–water partition coefficient (Wildman–Crippen LogP) is 2.72. The zero-order valence-corrected chi connectivity index (χ0v) is 19.8. The molecule has 1 fully saturated rings. The maximum atomic E-state index is 12.6. The summed E-state index contributed by atoms with van der Waals surface area (Å²) in [6, 6.07) is 5.79. The van der Waals surface area contributed by atoms with Crippen molar-refractivity contribution in [1.82, 2.24) is 19.7 Å². The van der Waals surface area contributed by atoms with Crippen molar-refractivity contribution in [3.63, 3.8) is 0 Å². The smallest absolute Gasteiger partial charge is 0.348 e. The number of esters is 1. The van der Waals surface area contributed by atoms with E-state index in [0.717, 1.165) is 12.8 Å². The Labute approximate surface area is 195 Å². The number of thiophene rings is 1. The molecule has 1 aliphatic heterocycles. The zero-order chi connectivity index (χ0) is 23.6. The van der Waals surface area contributed by atoms with Gasteiger partial charge in [-0.05, 0) is 56.5 Å². The number of benzene rings is 1. The molecule has 3 heterocycles. The Morgan fingerprint density at radius 3 is 2.52 bits per heavy atom. The lowest BCUT2D eigenvalue weighted by Gasteiger charge is -2.15. The SMILES string of the molecule is CCOC(=O)c1sc2ncnc(NNC(=O)c3ccc(S(=O)(=O)N4CCCC4)cc3)c2c1C. The number of nitrogens with zero attached hydrogens (tertiary/aromatic N) is 3. The summed E-state index contributed by atoms with van der Waals surface area (Å²) >= 11 is 1.19. The van der Waals surface area contributed by atoms with E-state index in [4.69, 9.17) is 4.74 Å². The molecule has 0 spiro atoms. The first kappa shape index (κ1) is 23.1. The van der Waals surface area contributed by atoms with Crippen molar-refractivity contribution in [3.8, 4) is 0 Å². The van der Waals surface area contributed by atoms with Crippen LogP contribution in [0.3, 0.4) is 0 Å². The lowest BCUT2D eigenvalue weighted by atomic mass is 10.2. The summed E-state index contributed by atoms with van der Waals surface area (Å²) < 4.78 is 31.8. The molecule has 2 N–H and O–H groups in total. The van der Waals surface area contributed by atoms with Gasteiger partial charge in [0.25, 0.3) is 5.91 Å². The number of carbonyl (C=O) groups excluding carboxylic acids is 2. The van der Waals surface area contributed by atoms with E-state index in [1.54, 1.807) is 13.8 Å². The van der Waals surface area contributed by atoms with Crippen molar-refractivity contribution < 1.29 is 22.7 Å². The Kier molecular flexibility index (Phi) is 6.58. The van der Waals surface area contributed by atoms with Gasteiger partial charge in [-0.25, -0.2) is 23.2 Å². The highest BCUT2D eigenvalue weighted by atomic mass is 32.2. The Morgan fingerprint density at radius 2 is 1.85 bits per heavy atom. The molecule has 0 atom stereocenters. The van der Waals surface area contributed by atoms with Gasteiger partial charge in [-0.1, -0.05) is 0 Å². The Balaban J connectivity index is 1.49. The second-order valence-electron chi connectivity index (χ2n) is 7.39. The van der Waals surface area contributed by atoms with Crippen molar-refractivity contribution in [1.29, 1.82) is 0 Å². The van der Waals surface area contributed by atoms with Gasteiger partial charge >= 0.3 is 5.97 Å². The van der Waals surface area contributed by atoms with Crippen molar-refractivity contribution in [2.45, 2.75) is 31.6 Å². The number of fused-ring (bicyclic) bond motifs is 1. The highest BCUT2D eigenvalue weighted by molar-refractivity contribution is 7.89. The van der Waals surface area contributed by atoms with Crippen LogP contribution in [0.4, 0.5) is 5.82 Å². The van der Waals surface area contributed by atoms with Crippen LogP contribution in [0.5, 0.6) is 0 Å². The minimum atomic E-state index is -3.54. The van der Waals surface area contributed by atoms with Crippen molar-refractivity contribution in [2.75, 3.05) is 25.1 Å². The van der Waals surface area contributed by atoms with Crippen LogP contribution >= 0.6 is 11.3 Å².